The summed E-state index contributed by atoms with van der Waals surface area (Å²) < 4.78 is 25.3. The topological polar surface area (TPSA) is 42.3 Å². The van der Waals surface area contributed by atoms with Gasteiger partial charge in [-0.25, -0.2) is 8.78 Å². The number of nitrogens with zero attached hydrogens (tertiary/aromatic N) is 4. The van der Waals surface area contributed by atoms with Crippen molar-refractivity contribution in [1.82, 2.24) is 14.7 Å². The minimum Gasteiger partial charge on any atom is -0.513 e. The smallest absolute Gasteiger partial charge is 0.142 e. The van der Waals surface area contributed by atoms with Crippen molar-refractivity contribution in [2.24, 2.45) is 4.99 Å². The number of allylic oxidation sites excluding steroid dienone is 9. The molecule has 0 aromatic carbocycles. The molecule has 2 fully saturated rings. The summed E-state index contributed by atoms with van der Waals surface area (Å²) in [7, 11) is 1.76. The number of rotatable bonds is 10. The van der Waals surface area contributed by atoms with Crippen LogP contribution in [0.5, 0.6) is 0 Å². The molecule has 0 unspecified atom stereocenters. The minimum atomic E-state index is -1.11. The van der Waals surface area contributed by atoms with Gasteiger partial charge in [-0.3, -0.25) is 14.8 Å². The van der Waals surface area contributed by atoms with Crippen LogP contribution in [-0.2, 0) is 0 Å². The molecule has 8 heteroatoms. The highest BCUT2D eigenvalue weighted by atomic mass is 35.5. The van der Waals surface area contributed by atoms with Gasteiger partial charge in [0.25, 0.3) is 0 Å². The van der Waals surface area contributed by atoms with Crippen molar-refractivity contribution in [1.29, 1.82) is 0 Å². The second kappa shape index (κ2) is 15.9. The van der Waals surface area contributed by atoms with Crippen LogP contribution in [0.3, 0.4) is 0 Å². The fourth-order valence-corrected chi connectivity index (χ4v) is 4.93. The summed E-state index contributed by atoms with van der Waals surface area (Å²) in [6.45, 7) is 15.4. The van der Waals surface area contributed by atoms with E-state index in [0.29, 0.717) is 23.3 Å². The van der Waals surface area contributed by atoms with Crippen molar-refractivity contribution < 1.29 is 13.9 Å². The zero-order valence-electron chi connectivity index (χ0n) is 22.8. The van der Waals surface area contributed by atoms with E-state index in [1.807, 2.05) is 19.1 Å². The fraction of sp³-hybridized carbons (Fsp3) is 0.552. The normalized spacial score (nSPS) is 21.1. The van der Waals surface area contributed by atoms with Crippen molar-refractivity contribution in [2.75, 3.05) is 59.5 Å². The quantitative estimate of drug-likeness (QED) is 0.153. The molecule has 5 nitrogen and oxygen atoms in total. The van der Waals surface area contributed by atoms with Crippen LogP contribution >= 0.6 is 11.6 Å². The number of piperidine rings is 1. The van der Waals surface area contributed by atoms with Gasteiger partial charge in [0.2, 0.25) is 0 Å². The summed E-state index contributed by atoms with van der Waals surface area (Å²) in [6.07, 6.45) is 11.1. The van der Waals surface area contributed by atoms with Crippen LogP contribution in [0.25, 0.3) is 0 Å². The Bertz CT molecular complexity index is 947. The van der Waals surface area contributed by atoms with E-state index in [1.165, 1.54) is 11.6 Å². The Morgan fingerprint density at radius 2 is 1.68 bits per heavy atom. The first-order chi connectivity index (χ1) is 17.6. The Balaban J connectivity index is 1.83. The molecule has 0 amide bonds. The number of likely N-dealkylation sites (tertiary alicyclic amines) is 1. The van der Waals surface area contributed by atoms with E-state index in [0.717, 1.165) is 81.7 Å². The third-order valence-corrected chi connectivity index (χ3v) is 7.25. The van der Waals surface area contributed by atoms with E-state index in [4.69, 9.17) is 11.6 Å². The average Bonchev–Trinajstić information content (AvgIpc) is 2.90. The van der Waals surface area contributed by atoms with Gasteiger partial charge in [-0.2, -0.15) is 0 Å². The Morgan fingerprint density at radius 1 is 1.03 bits per heavy atom. The predicted molar refractivity (Wildman–Crippen MR) is 153 cm³/mol. The highest BCUT2D eigenvalue weighted by Crippen LogP contribution is 2.22. The van der Waals surface area contributed by atoms with Crippen molar-refractivity contribution in [3.05, 3.63) is 70.3 Å². The van der Waals surface area contributed by atoms with Gasteiger partial charge in [0.05, 0.1) is 10.8 Å². The fourth-order valence-electron chi connectivity index (χ4n) is 4.65. The summed E-state index contributed by atoms with van der Waals surface area (Å²) in [5.41, 5.74) is 2.83. The van der Waals surface area contributed by atoms with Gasteiger partial charge >= 0.3 is 0 Å². The molecular formula is C29H43ClF2N4O. The molecule has 206 valence electrons. The molecule has 0 aromatic heterocycles. The average molecular weight is 537 g/mol. The molecule has 0 aromatic rings. The van der Waals surface area contributed by atoms with Gasteiger partial charge in [-0.15, -0.1) is 0 Å². The Hall–Kier alpha value is -2.22. The van der Waals surface area contributed by atoms with Crippen molar-refractivity contribution in [3.63, 3.8) is 0 Å². The number of aliphatic imine (C=N–C) groups is 1. The summed E-state index contributed by atoms with van der Waals surface area (Å²) in [5.74, 6) is 0.309. The highest BCUT2D eigenvalue weighted by Gasteiger charge is 2.28. The van der Waals surface area contributed by atoms with Crippen molar-refractivity contribution in [3.8, 4) is 0 Å². The maximum absolute atomic E-state index is 13.0. The predicted octanol–water partition coefficient (Wildman–Crippen LogP) is 6.34. The second-order valence-electron chi connectivity index (χ2n) is 9.86. The van der Waals surface area contributed by atoms with Gasteiger partial charge in [-0.05, 0) is 76.4 Å². The van der Waals surface area contributed by atoms with Crippen LogP contribution < -0.4 is 0 Å². The first kappa shape index (κ1) is 31.0. The molecule has 37 heavy (non-hydrogen) atoms. The number of hydrogen-bond donors (Lipinski definition) is 1. The maximum Gasteiger partial charge on any atom is 0.142 e. The van der Waals surface area contributed by atoms with Crippen LogP contribution in [-0.4, -0.2) is 91.2 Å². The lowest BCUT2D eigenvalue weighted by Crippen LogP contribution is -2.54. The lowest BCUT2D eigenvalue weighted by atomic mass is 10.0. The lowest BCUT2D eigenvalue weighted by molar-refractivity contribution is 0.0814. The standard InChI is InChI=1S/C29H43ClF2N4O/c1-22(6-9-25(4)37)21-34-14-12-27(13-15-34)35-16-18-36(19-17-35)29(33-5)28(30)11-8-24(3)23(2)7-10-26(32)20-31/h6-7,9-11,27,37H,3,8,12-21H2,1-2,4-5H3/b22-6+,23-7+,25-9+,26-10+,28-11+,33-29?. The first-order valence-corrected chi connectivity index (χ1v) is 13.4. The van der Waals surface area contributed by atoms with Crippen molar-refractivity contribution >= 4 is 17.4 Å². The van der Waals surface area contributed by atoms with Crippen LogP contribution in [0, 0.1) is 0 Å². The Kier molecular flexibility index (Phi) is 13.3. The maximum atomic E-state index is 13.0. The molecule has 0 saturated carbocycles. The van der Waals surface area contributed by atoms with Crippen LogP contribution in [0.4, 0.5) is 8.78 Å². The van der Waals surface area contributed by atoms with E-state index < -0.39 is 12.5 Å². The summed E-state index contributed by atoms with van der Waals surface area (Å²) in [6, 6.07) is 0.602. The monoisotopic (exact) mass is 536 g/mol. The van der Waals surface area contributed by atoms with Crippen LogP contribution in [0.15, 0.2) is 75.3 Å². The molecule has 0 spiro atoms. The minimum absolute atomic E-state index is 0.333. The number of aliphatic hydroxyl groups is 1. The number of halogens is 3. The molecule has 2 heterocycles. The van der Waals surface area contributed by atoms with E-state index in [-0.39, 0.29) is 0 Å². The van der Waals surface area contributed by atoms with Crippen LogP contribution in [0.2, 0.25) is 0 Å². The molecule has 1 N–H and O–H groups in total. The van der Waals surface area contributed by atoms with Gasteiger partial charge in [0, 0.05) is 45.8 Å². The molecule has 0 radical (unpaired) electrons. The molecular weight excluding hydrogens is 494 g/mol. The summed E-state index contributed by atoms with van der Waals surface area (Å²) in [5, 5.41) is 9.92. The zero-order chi connectivity index (χ0) is 27.4. The Labute approximate surface area is 226 Å². The summed E-state index contributed by atoms with van der Waals surface area (Å²) >= 11 is 6.63. The third-order valence-electron chi connectivity index (χ3n) is 6.92. The molecule has 2 aliphatic rings. The van der Waals surface area contributed by atoms with Crippen LogP contribution in [0.1, 0.15) is 40.0 Å². The number of amidine groups is 1. The van der Waals surface area contributed by atoms with Gasteiger partial charge < -0.3 is 10.0 Å². The summed E-state index contributed by atoms with van der Waals surface area (Å²) in [4.78, 5) is 11.8. The largest absolute Gasteiger partial charge is 0.513 e. The van der Waals surface area contributed by atoms with Crippen molar-refractivity contribution in [2.45, 2.75) is 46.1 Å². The Morgan fingerprint density at radius 3 is 2.24 bits per heavy atom. The molecule has 0 aliphatic carbocycles. The molecule has 2 rings (SSSR count). The lowest BCUT2D eigenvalue weighted by Gasteiger charge is -2.43. The van der Waals surface area contributed by atoms with E-state index in [9.17, 15) is 13.9 Å². The highest BCUT2D eigenvalue weighted by molar-refractivity contribution is 6.43. The molecule has 2 aliphatic heterocycles. The van der Waals surface area contributed by atoms with E-state index in [2.05, 4.69) is 33.2 Å². The molecule has 0 bridgehead atoms. The van der Waals surface area contributed by atoms with E-state index in [1.54, 1.807) is 20.0 Å². The molecule has 0 atom stereocenters. The number of piperazine rings is 1. The third kappa shape index (κ3) is 10.6. The number of aliphatic hydroxyl groups excluding tert-OH is 1. The van der Waals surface area contributed by atoms with E-state index >= 15 is 0 Å². The molecule has 2 saturated heterocycles. The number of hydrogen-bond acceptors (Lipinski definition) is 4. The number of alkyl halides is 1. The second-order valence-corrected chi connectivity index (χ2v) is 10.3. The van der Waals surface area contributed by atoms with Gasteiger partial charge in [-0.1, -0.05) is 42.0 Å². The SMILES string of the molecule is C=C(C/C=C(/Cl)C(=NC)N1CCN(C2CCN(C/C(C)=C/C=C(\C)O)CC2)CC1)/C(C)=C/C=C(/F)CF. The first-order valence-electron chi connectivity index (χ1n) is 13.0. The van der Waals surface area contributed by atoms with Gasteiger partial charge in [0.15, 0.2) is 0 Å². The van der Waals surface area contributed by atoms with Gasteiger partial charge in [0.1, 0.15) is 18.3 Å². The zero-order valence-corrected chi connectivity index (χ0v) is 23.6.